The number of hydrogen-bond donors (Lipinski definition) is 1. The van der Waals surface area contributed by atoms with Crippen molar-refractivity contribution in [3.63, 3.8) is 0 Å². The van der Waals surface area contributed by atoms with Crippen molar-refractivity contribution in [2.45, 2.75) is 45.1 Å². The van der Waals surface area contributed by atoms with Crippen LogP contribution in [0.5, 0.6) is 0 Å². The van der Waals surface area contributed by atoms with Crippen molar-refractivity contribution >= 4 is 5.82 Å². The summed E-state index contributed by atoms with van der Waals surface area (Å²) in [4.78, 5) is 6.97. The van der Waals surface area contributed by atoms with Crippen molar-refractivity contribution in [2.75, 3.05) is 18.0 Å². The molecule has 0 aromatic carbocycles. The van der Waals surface area contributed by atoms with Crippen LogP contribution >= 0.6 is 0 Å². The van der Waals surface area contributed by atoms with Gasteiger partial charge in [0, 0.05) is 31.4 Å². The molecule has 0 amide bonds. The van der Waals surface area contributed by atoms with Crippen LogP contribution in [-0.2, 0) is 6.54 Å². The lowest BCUT2D eigenvalue weighted by Gasteiger charge is -2.40. The molecule has 1 aromatic heterocycles. The highest BCUT2D eigenvalue weighted by molar-refractivity contribution is 5.47. The van der Waals surface area contributed by atoms with E-state index < -0.39 is 0 Å². The predicted octanol–water partition coefficient (Wildman–Crippen LogP) is 2.70. The highest BCUT2D eigenvalue weighted by Gasteiger charge is 2.37. The van der Waals surface area contributed by atoms with E-state index in [0.29, 0.717) is 12.0 Å². The van der Waals surface area contributed by atoms with Gasteiger partial charge in [-0.25, -0.2) is 4.98 Å². The van der Waals surface area contributed by atoms with Gasteiger partial charge in [-0.1, -0.05) is 18.9 Å². The fraction of sp³-hybridized carbons (Fsp3) is 0.667. The molecule has 1 aliphatic carbocycles. The van der Waals surface area contributed by atoms with Crippen LogP contribution in [0.4, 0.5) is 5.82 Å². The van der Waals surface area contributed by atoms with E-state index in [2.05, 4.69) is 16.0 Å². The molecule has 3 rings (SSSR count). The third-order valence-corrected chi connectivity index (χ3v) is 4.88. The third-order valence-electron chi connectivity index (χ3n) is 4.88. The minimum absolute atomic E-state index is 0.588. The van der Waals surface area contributed by atoms with Gasteiger partial charge in [-0.05, 0) is 37.2 Å². The molecular formula is C15H23N3. The molecule has 98 valence electrons. The lowest BCUT2D eigenvalue weighted by Crippen LogP contribution is -2.39. The van der Waals surface area contributed by atoms with Crippen LogP contribution in [0.3, 0.4) is 0 Å². The first-order valence-electron chi connectivity index (χ1n) is 7.22. The van der Waals surface area contributed by atoms with Crippen LogP contribution in [0.15, 0.2) is 18.3 Å². The van der Waals surface area contributed by atoms with E-state index in [1.807, 2.05) is 12.3 Å². The molecule has 2 aliphatic rings. The summed E-state index contributed by atoms with van der Waals surface area (Å²) < 4.78 is 0. The third kappa shape index (κ3) is 2.12. The molecule has 2 fully saturated rings. The van der Waals surface area contributed by atoms with Crippen LogP contribution in [0.2, 0.25) is 0 Å². The molecule has 1 aromatic rings. The summed E-state index contributed by atoms with van der Waals surface area (Å²) in [7, 11) is 0. The van der Waals surface area contributed by atoms with Crippen molar-refractivity contribution < 1.29 is 0 Å². The molecule has 18 heavy (non-hydrogen) atoms. The zero-order valence-electron chi connectivity index (χ0n) is 11.1. The Balaban J connectivity index is 1.72. The number of aromatic nitrogens is 1. The molecule has 1 saturated carbocycles. The normalized spacial score (nSPS) is 22.6. The first-order chi connectivity index (χ1) is 8.83. The van der Waals surface area contributed by atoms with E-state index in [9.17, 15) is 0 Å². The Morgan fingerprint density at radius 3 is 2.56 bits per heavy atom. The fourth-order valence-electron chi connectivity index (χ4n) is 3.69. The van der Waals surface area contributed by atoms with Gasteiger partial charge in [0.15, 0.2) is 0 Å². The minimum atomic E-state index is 0.588. The summed E-state index contributed by atoms with van der Waals surface area (Å²) in [6.45, 7) is 2.90. The SMILES string of the molecule is NCc1cccnc1N1CCC2(CCCC2)CC1. The second-order valence-corrected chi connectivity index (χ2v) is 5.88. The van der Waals surface area contributed by atoms with E-state index in [-0.39, 0.29) is 0 Å². The Kier molecular flexibility index (Phi) is 3.25. The van der Waals surface area contributed by atoms with Crippen molar-refractivity contribution in [3.8, 4) is 0 Å². The number of piperidine rings is 1. The van der Waals surface area contributed by atoms with Crippen molar-refractivity contribution in [2.24, 2.45) is 11.1 Å². The number of rotatable bonds is 2. The maximum atomic E-state index is 5.81. The fourth-order valence-corrected chi connectivity index (χ4v) is 3.69. The molecular weight excluding hydrogens is 222 g/mol. The Hall–Kier alpha value is -1.09. The molecule has 0 radical (unpaired) electrons. The maximum Gasteiger partial charge on any atom is 0.132 e. The van der Waals surface area contributed by atoms with Crippen LogP contribution in [0.1, 0.15) is 44.1 Å². The van der Waals surface area contributed by atoms with Crippen molar-refractivity contribution in [3.05, 3.63) is 23.9 Å². The lowest BCUT2D eigenvalue weighted by atomic mass is 9.77. The number of pyridine rings is 1. The molecule has 2 N–H and O–H groups in total. The van der Waals surface area contributed by atoms with Gasteiger partial charge in [-0.15, -0.1) is 0 Å². The topological polar surface area (TPSA) is 42.1 Å². The zero-order valence-corrected chi connectivity index (χ0v) is 11.1. The summed E-state index contributed by atoms with van der Waals surface area (Å²) in [5, 5.41) is 0. The first-order valence-corrected chi connectivity index (χ1v) is 7.22. The summed E-state index contributed by atoms with van der Waals surface area (Å²) in [6.07, 6.45) is 10.4. The summed E-state index contributed by atoms with van der Waals surface area (Å²) in [6, 6.07) is 4.08. The molecule has 2 heterocycles. The minimum Gasteiger partial charge on any atom is -0.356 e. The van der Waals surface area contributed by atoms with Gasteiger partial charge in [0.05, 0.1) is 0 Å². The number of hydrogen-bond acceptors (Lipinski definition) is 3. The van der Waals surface area contributed by atoms with Crippen LogP contribution < -0.4 is 10.6 Å². The van der Waals surface area contributed by atoms with E-state index in [1.54, 1.807) is 0 Å². The molecule has 1 saturated heterocycles. The predicted molar refractivity (Wildman–Crippen MR) is 74.5 cm³/mol. The molecule has 1 aliphatic heterocycles. The first kappa shape index (κ1) is 12.0. The second kappa shape index (κ2) is 4.88. The van der Waals surface area contributed by atoms with E-state index in [4.69, 9.17) is 5.73 Å². The van der Waals surface area contributed by atoms with E-state index >= 15 is 0 Å². The number of nitrogens with zero attached hydrogens (tertiary/aromatic N) is 2. The summed E-state index contributed by atoms with van der Waals surface area (Å²) >= 11 is 0. The highest BCUT2D eigenvalue weighted by Crippen LogP contribution is 2.46. The van der Waals surface area contributed by atoms with Crippen molar-refractivity contribution in [1.29, 1.82) is 0 Å². The van der Waals surface area contributed by atoms with E-state index in [1.165, 1.54) is 44.1 Å². The lowest BCUT2D eigenvalue weighted by molar-refractivity contribution is 0.226. The highest BCUT2D eigenvalue weighted by atomic mass is 15.2. The van der Waals surface area contributed by atoms with Gasteiger partial charge < -0.3 is 10.6 Å². The van der Waals surface area contributed by atoms with Gasteiger partial charge in [-0.2, -0.15) is 0 Å². The average molecular weight is 245 g/mol. The Morgan fingerprint density at radius 2 is 1.89 bits per heavy atom. The molecule has 1 spiro atoms. The molecule has 0 atom stereocenters. The van der Waals surface area contributed by atoms with Gasteiger partial charge in [-0.3, -0.25) is 0 Å². The second-order valence-electron chi connectivity index (χ2n) is 5.88. The molecule has 3 nitrogen and oxygen atoms in total. The van der Waals surface area contributed by atoms with Gasteiger partial charge in [0.25, 0.3) is 0 Å². The molecule has 3 heteroatoms. The smallest absolute Gasteiger partial charge is 0.132 e. The number of anilines is 1. The van der Waals surface area contributed by atoms with Crippen LogP contribution in [0, 0.1) is 5.41 Å². The quantitative estimate of drug-likeness (QED) is 0.871. The summed E-state index contributed by atoms with van der Waals surface area (Å²) in [5.41, 5.74) is 7.66. The molecule has 0 unspecified atom stereocenters. The van der Waals surface area contributed by atoms with Crippen LogP contribution in [-0.4, -0.2) is 18.1 Å². The monoisotopic (exact) mass is 245 g/mol. The van der Waals surface area contributed by atoms with E-state index in [0.717, 1.165) is 18.9 Å². The Labute approximate surface area is 109 Å². The Bertz CT molecular complexity index is 400. The summed E-state index contributed by atoms with van der Waals surface area (Å²) in [5.74, 6) is 1.12. The number of nitrogens with two attached hydrogens (primary N) is 1. The molecule has 0 bridgehead atoms. The largest absolute Gasteiger partial charge is 0.356 e. The van der Waals surface area contributed by atoms with Gasteiger partial charge in [0.1, 0.15) is 5.82 Å². The van der Waals surface area contributed by atoms with Gasteiger partial charge in [0.2, 0.25) is 0 Å². The Morgan fingerprint density at radius 1 is 1.17 bits per heavy atom. The average Bonchev–Trinajstić information content (AvgIpc) is 2.88. The standard InChI is InChI=1S/C15H23N3/c16-12-13-4-3-9-17-14(13)18-10-7-15(8-11-18)5-1-2-6-15/h3-4,9H,1-2,5-8,10-12,16H2. The van der Waals surface area contributed by atoms with Crippen LogP contribution in [0.25, 0.3) is 0 Å². The maximum absolute atomic E-state index is 5.81. The zero-order chi connectivity index (χ0) is 12.4. The van der Waals surface area contributed by atoms with Crippen molar-refractivity contribution in [1.82, 2.24) is 4.98 Å². The van der Waals surface area contributed by atoms with Gasteiger partial charge >= 0.3 is 0 Å².